The molecule has 0 aromatic carbocycles. The third-order valence-electron chi connectivity index (χ3n) is 5.96. The molecular formula is C19H30N2O6S. The molecule has 1 atom stereocenters. The average molecular weight is 415 g/mol. The summed E-state index contributed by atoms with van der Waals surface area (Å²) in [6.07, 6.45) is 7.31. The molecule has 2 aliphatic heterocycles. The second-order valence-corrected chi connectivity index (χ2v) is 10.3. The first-order valence-corrected chi connectivity index (χ1v) is 12.1. The Morgan fingerprint density at radius 3 is 2.46 bits per heavy atom. The Labute approximate surface area is 166 Å². The van der Waals surface area contributed by atoms with Gasteiger partial charge in [-0.05, 0) is 32.1 Å². The van der Waals surface area contributed by atoms with Crippen molar-refractivity contribution in [1.29, 1.82) is 0 Å². The average Bonchev–Trinajstić information content (AvgIpc) is 3.23. The van der Waals surface area contributed by atoms with Crippen LogP contribution in [0.5, 0.6) is 0 Å². The van der Waals surface area contributed by atoms with E-state index in [1.54, 1.807) is 4.90 Å². The van der Waals surface area contributed by atoms with E-state index in [1.807, 2.05) is 0 Å². The van der Waals surface area contributed by atoms with Crippen molar-refractivity contribution in [2.75, 3.05) is 31.2 Å². The molecule has 3 fully saturated rings. The summed E-state index contributed by atoms with van der Waals surface area (Å²) in [7, 11) is -3.11. The molecule has 3 aliphatic rings. The number of likely N-dealkylation sites (tertiary alicyclic amines) is 1. The zero-order valence-corrected chi connectivity index (χ0v) is 17.1. The van der Waals surface area contributed by atoms with Crippen LogP contribution in [0.1, 0.15) is 57.8 Å². The van der Waals surface area contributed by atoms with Gasteiger partial charge in [0.1, 0.15) is 6.54 Å². The third-order valence-corrected chi connectivity index (χ3v) is 7.71. The second-order valence-electron chi connectivity index (χ2n) is 8.08. The molecule has 2 saturated heterocycles. The number of ether oxygens (including phenoxy) is 1. The summed E-state index contributed by atoms with van der Waals surface area (Å²) in [4.78, 5) is 40.1. The van der Waals surface area contributed by atoms with Crippen molar-refractivity contribution in [3.63, 3.8) is 0 Å². The molecule has 0 aromatic rings. The predicted molar refractivity (Wildman–Crippen MR) is 102 cm³/mol. The van der Waals surface area contributed by atoms with Crippen molar-refractivity contribution < 1.29 is 27.5 Å². The first kappa shape index (κ1) is 21.1. The summed E-state index contributed by atoms with van der Waals surface area (Å²) < 4.78 is 28.9. The lowest BCUT2D eigenvalue weighted by Gasteiger charge is -2.34. The van der Waals surface area contributed by atoms with Crippen LogP contribution in [0.2, 0.25) is 0 Å². The van der Waals surface area contributed by atoms with E-state index in [0.717, 1.165) is 44.9 Å². The highest BCUT2D eigenvalue weighted by Gasteiger charge is 2.39. The van der Waals surface area contributed by atoms with E-state index in [4.69, 9.17) is 4.74 Å². The fraction of sp³-hybridized carbons (Fsp3) is 0.842. The van der Waals surface area contributed by atoms with Gasteiger partial charge in [0, 0.05) is 25.0 Å². The minimum absolute atomic E-state index is 0.00847. The molecule has 1 aliphatic carbocycles. The summed E-state index contributed by atoms with van der Waals surface area (Å²) in [6.45, 7) is 0.0112. The molecule has 0 aromatic heterocycles. The number of nitrogens with zero attached hydrogens (tertiary/aromatic N) is 2. The number of esters is 1. The van der Waals surface area contributed by atoms with Gasteiger partial charge in [0.15, 0.2) is 16.4 Å². The van der Waals surface area contributed by atoms with Crippen molar-refractivity contribution in [2.45, 2.75) is 69.9 Å². The normalized spacial score (nSPS) is 25.5. The number of hydrogen-bond donors (Lipinski definition) is 0. The van der Waals surface area contributed by atoms with Gasteiger partial charge in [-0.1, -0.05) is 19.3 Å². The van der Waals surface area contributed by atoms with Crippen LogP contribution >= 0.6 is 0 Å². The van der Waals surface area contributed by atoms with Crippen LogP contribution < -0.4 is 0 Å². The molecule has 2 heterocycles. The lowest BCUT2D eigenvalue weighted by atomic mass is 10.1. The molecule has 3 rings (SSSR count). The monoisotopic (exact) mass is 414 g/mol. The maximum absolute atomic E-state index is 12.8. The summed E-state index contributed by atoms with van der Waals surface area (Å²) in [5, 5.41) is 0. The molecule has 8 nitrogen and oxygen atoms in total. The van der Waals surface area contributed by atoms with E-state index in [1.165, 1.54) is 4.90 Å². The molecule has 0 radical (unpaired) electrons. The SMILES string of the molecule is O=C(CN1CCCCCC1=O)OCC(=O)N(C1CCCC1)C1CCS(=O)(=O)C1. The first-order chi connectivity index (χ1) is 13.4. The Kier molecular flexibility index (Phi) is 6.95. The van der Waals surface area contributed by atoms with Crippen LogP contribution in [0.3, 0.4) is 0 Å². The van der Waals surface area contributed by atoms with Crippen molar-refractivity contribution in [3.8, 4) is 0 Å². The number of carbonyl (C=O) groups excluding carboxylic acids is 3. The Morgan fingerprint density at radius 2 is 1.79 bits per heavy atom. The van der Waals surface area contributed by atoms with Crippen molar-refractivity contribution in [1.82, 2.24) is 9.80 Å². The first-order valence-electron chi connectivity index (χ1n) is 10.3. The van der Waals surface area contributed by atoms with Gasteiger partial charge < -0.3 is 14.5 Å². The predicted octanol–water partition coefficient (Wildman–Crippen LogP) is 0.891. The molecule has 158 valence electrons. The van der Waals surface area contributed by atoms with Crippen LogP contribution in [-0.4, -0.2) is 79.3 Å². The fourth-order valence-corrected chi connectivity index (χ4v) is 6.22. The van der Waals surface area contributed by atoms with Crippen LogP contribution in [0.15, 0.2) is 0 Å². The highest BCUT2D eigenvalue weighted by molar-refractivity contribution is 7.91. The number of rotatable bonds is 6. The highest BCUT2D eigenvalue weighted by Crippen LogP contribution is 2.29. The molecule has 28 heavy (non-hydrogen) atoms. The fourth-order valence-electron chi connectivity index (χ4n) is 4.51. The van der Waals surface area contributed by atoms with Gasteiger partial charge in [0.25, 0.3) is 5.91 Å². The van der Waals surface area contributed by atoms with Crippen LogP contribution in [0.25, 0.3) is 0 Å². The number of carbonyl (C=O) groups is 3. The van der Waals surface area contributed by atoms with Crippen molar-refractivity contribution in [2.24, 2.45) is 0 Å². The Bertz CT molecular complexity index is 701. The van der Waals surface area contributed by atoms with Gasteiger partial charge in [-0.3, -0.25) is 14.4 Å². The molecule has 1 unspecified atom stereocenters. The molecule has 0 bridgehead atoms. The summed E-state index contributed by atoms with van der Waals surface area (Å²) in [6, 6.07) is -0.303. The molecule has 0 spiro atoms. The van der Waals surface area contributed by atoms with Gasteiger partial charge in [-0.2, -0.15) is 0 Å². The Hall–Kier alpha value is -1.64. The lowest BCUT2D eigenvalue weighted by Crippen LogP contribution is -2.49. The Balaban J connectivity index is 1.55. The van der Waals surface area contributed by atoms with Gasteiger partial charge in [0.05, 0.1) is 11.5 Å². The van der Waals surface area contributed by atoms with E-state index in [0.29, 0.717) is 19.4 Å². The molecular weight excluding hydrogens is 384 g/mol. The smallest absolute Gasteiger partial charge is 0.326 e. The summed E-state index contributed by atoms with van der Waals surface area (Å²) in [5.41, 5.74) is 0. The second kappa shape index (κ2) is 9.24. The largest absolute Gasteiger partial charge is 0.454 e. The number of amides is 2. The van der Waals surface area contributed by atoms with E-state index in [-0.39, 0.29) is 41.9 Å². The molecule has 1 saturated carbocycles. The number of sulfone groups is 1. The van der Waals surface area contributed by atoms with Gasteiger partial charge in [-0.15, -0.1) is 0 Å². The summed E-state index contributed by atoms with van der Waals surface area (Å²) in [5.74, 6) is -0.876. The maximum Gasteiger partial charge on any atom is 0.326 e. The topological polar surface area (TPSA) is 101 Å². The van der Waals surface area contributed by atoms with E-state index >= 15 is 0 Å². The van der Waals surface area contributed by atoms with E-state index < -0.39 is 22.4 Å². The Morgan fingerprint density at radius 1 is 1.04 bits per heavy atom. The zero-order valence-electron chi connectivity index (χ0n) is 16.3. The van der Waals surface area contributed by atoms with Gasteiger partial charge in [-0.25, -0.2) is 8.42 Å². The maximum atomic E-state index is 12.8. The van der Waals surface area contributed by atoms with Crippen LogP contribution in [-0.2, 0) is 29.0 Å². The molecule has 9 heteroatoms. The van der Waals surface area contributed by atoms with Crippen LogP contribution in [0, 0.1) is 0 Å². The van der Waals surface area contributed by atoms with E-state index in [2.05, 4.69) is 0 Å². The number of hydrogen-bond acceptors (Lipinski definition) is 6. The van der Waals surface area contributed by atoms with Gasteiger partial charge >= 0.3 is 5.97 Å². The quantitative estimate of drug-likeness (QED) is 0.598. The van der Waals surface area contributed by atoms with Gasteiger partial charge in [0.2, 0.25) is 5.91 Å². The van der Waals surface area contributed by atoms with Crippen molar-refractivity contribution >= 4 is 27.6 Å². The molecule has 0 N–H and O–H groups in total. The van der Waals surface area contributed by atoms with E-state index in [9.17, 15) is 22.8 Å². The third kappa shape index (κ3) is 5.46. The van der Waals surface area contributed by atoms with Crippen LogP contribution in [0.4, 0.5) is 0 Å². The zero-order chi connectivity index (χ0) is 20.1. The molecule has 2 amide bonds. The minimum atomic E-state index is -3.11. The van der Waals surface area contributed by atoms with Crippen molar-refractivity contribution in [3.05, 3.63) is 0 Å². The lowest BCUT2D eigenvalue weighted by molar-refractivity contribution is -0.156. The standard InChI is InChI=1S/C19H30N2O6S/c22-17-8-2-1-5-10-20(17)12-19(24)27-13-18(23)21(15-6-3-4-7-15)16-9-11-28(25,26)14-16/h15-16H,1-14H2. The summed E-state index contributed by atoms with van der Waals surface area (Å²) >= 11 is 0. The highest BCUT2D eigenvalue weighted by atomic mass is 32.2. The minimum Gasteiger partial charge on any atom is -0.454 e.